The number of carbonyl (C=O) groups excluding carboxylic acids is 1. The van der Waals surface area contributed by atoms with E-state index >= 15 is 0 Å². The minimum absolute atomic E-state index is 0.374. The lowest BCUT2D eigenvalue weighted by Crippen LogP contribution is -1.95. The molecule has 0 aliphatic carbocycles. The summed E-state index contributed by atoms with van der Waals surface area (Å²) in [5.74, 6) is 0. The van der Waals surface area contributed by atoms with Crippen LogP contribution in [0.5, 0.6) is 0 Å². The Labute approximate surface area is 194 Å². The largest absolute Gasteiger partial charge is 0.355 e. The maximum atomic E-state index is 12.6. The van der Waals surface area contributed by atoms with E-state index < -0.39 is 5.24 Å². The first-order valence-corrected chi connectivity index (χ1v) is 10.9. The number of hydrogen-bond donors (Lipinski definition) is 2. The van der Waals surface area contributed by atoms with E-state index in [9.17, 15) is 4.79 Å². The first-order chi connectivity index (χ1) is 16.1. The van der Waals surface area contributed by atoms with Crippen molar-refractivity contribution in [1.29, 1.82) is 0 Å². The van der Waals surface area contributed by atoms with E-state index in [2.05, 4.69) is 15.0 Å². The molecule has 0 saturated heterocycles. The summed E-state index contributed by atoms with van der Waals surface area (Å²) in [6, 6.07) is 25.5. The molecule has 0 fully saturated rings. The molecule has 0 radical (unpaired) electrons. The highest BCUT2D eigenvalue weighted by molar-refractivity contribution is 6.75. The first-order valence-electron chi connectivity index (χ1n) is 10.5. The van der Waals surface area contributed by atoms with Crippen molar-refractivity contribution >= 4 is 62.2 Å². The highest BCUT2D eigenvalue weighted by Gasteiger charge is 2.26. The van der Waals surface area contributed by atoms with Crippen LogP contribution in [0.3, 0.4) is 0 Å². The number of hydrogen-bond acceptors (Lipinski definition) is 3. The number of halogens is 1. The third-order valence-corrected chi connectivity index (χ3v) is 5.79. The number of allylic oxidation sites excluding steroid dienone is 1. The van der Waals surface area contributed by atoms with Crippen molar-refractivity contribution in [1.82, 2.24) is 19.9 Å². The molecule has 2 aliphatic rings. The second-order valence-electron chi connectivity index (χ2n) is 7.88. The van der Waals surface area contributed by atoms with Crippen LogP contribution in [0.4, 0.5) is 0 Å². The molecule has 8 bridgehead atoms. The molecule has 4 aromatic rings. The SMILES string of the molecule is O=C(Cl)C1=C(c2ccccc2)c2cc3ccc(cc4ccc(cc5nc(cc1n2)C=C5)[nH]4)[nH]3. The normalized spacial score (nSPS) is 12.9. The smallest absolute Gasteiger partial charge is 0.255 e. The van der Waals surface area contributed by atoms with E-state index in [4.69, 9.17) is 16.6 Å². The summed E-state index contributed by atoms with van der Waals surface area (Å²) < 4.78 is 0. The van der Waals surface area contributed by atoms with Crippen molar-refractivity contribution in [2.75, 3.05) is 0 Å². The molecule has 2 N–H and O–H groups in total. The number of nitrogens with one attached hydrogen (secondary N) is 2. The van der Waals surface area contributed by atoms with E-state index in [-0.39, 0.29) is 0 Å². The maximum absolute atomic E-state index is 12.6. The highest BCUT2D eigenvalue weighted by atomic mass is 35.5. The lowest BCUT2D eigenvalue weighted by molar-refractivity contribution is -0.106. The molecule has 0 saturated carbocycles. The Morgan fingerprint density at radius 2 is 1.27 bits per heavy atom. The van der Waals surface area contributed by atoms with Crippen molar-refractivity contribution < 1.29 is 4.79 Å². The van der Waals surface area contributed by atoms with Crippen molar-refractivity contribution in [2.45, 2.75) is 0 Å². The molecule has 5 nitrogen and oxygen atoms in total. The summed E-state index contributed by atoms with van der Waals surface area (Å²) in [6.07, 6.45) is 3.83. The standard InChI is InChI=1S/C27H17ClN4O/c28-27(33)26-24-15-22-11-9-20(31-22)13-18-7-6-17(29-18)12-19-8-10-21(30-19)14-23(32-24)25(26)16-4-2-1-3-5-16/h1-15,29-30H. The highest BCUT2D eigenvalue weighted by Crippen LogP contribution is 2.36. The summed E-state index contributed by atoms with van der Waals surface area (Å²) in [5, 5.41) is -0.553. The number of aromatic amines is 2. The van der Waals surface area contributed by atoms with Crippen LogP contribution in [0.15, 0.2) is 78.9 Å². The topological polar surface area (TPSA) is 74.4 Å². The zero-order valence-corrected chi connectivity index (χ0v) is 18.1. The van der Waals surface area contributed by atoms with E-state index in [1.807, 2.05) is 84.9 Å². The molecule has 158 valence electrons. The van der Waals surface area contributed by atoms with Crippen LogP contribution in [0.25, 0.3) is 45.4 Å². The van der Waals surface area contributed by atoms with Crippen LogP contribution in [0.1, 0.15) is 28.3 Å². The number of H-pyrrole nitrogens is 2. The van der Waals surface area contributed by atoms with E-state index in [1.165, 1.54) is 0 Å². The Kier molecular flexibility index (Phi) is 4.56. The van der Waals surface area contributed by atoms with Crippen LogP contribution in [-0.2, 0) is 4.79 Å². The lowest BCUT2D eigenvalue weighted by atomic mass is 9.98. The molecule has 0 atom stereocenters. The van der Waals surface area contributed by atoms with Crippen LogP contribution >= 0.6 is 11.6 Å². The fraction of sp³-hybridized carbons (Fsp3) is 0. The summed E-state index contributed by atoms with van der Waals surface area (Å²) in [5.41, 5.74) is 8.38. The first kappa shape index (κ1) is 19.5. The van der Waals surface area contributed by atoms with Gasteiger partial charge in [0.15, 0.2) is 0 Å². The van der Waals surface area contributed by atoms with Crippen molar-refractivity contribution in [3.8, 4) is 0 Å². The molecule has 33 heavy (non-hydrogen) atoms. The molecule has 5 heterocycles. The van der Waals surface area contributed by atoms with Gasteiger partial charge in [-0.15, -0.1) is 0 Å². The van der Waals surface area contributed by atoms with Crippen LogP contribution < -0.4 is 0 Å². The molecule has 6 rings (SSSR count). The van der Waals surface area contributed by atoms with Crippen LogP contribution in [0.2, 0.25) is 0 Å². The van der Waals surface area contributed by atoms with E-state index in [0.29, 0.717) is 28.2 Å². The van der Waals surface area contributed by atoms with Crippen molar-refractivity contribution in [3.05, 3.63) is 107 Å². The molecule has 3 aromatic heterocycles. The zero-order chi connectivity index (χ0) is 22.4. The fourth-order valence-corrected chi connectivity index (χ4v) is 4.36. The molecule has 0 amide bonds. The predicted molar refractivity (Wildman–Crippen MR) is 133 cm³/mol. The van der Waals surface area contributed by atoms with Gasteiger partial charge in [-0.25, -0.2) is 9.97 Å². The Balaban J connectivity index is 1.72. The monoisotopic (exact) mass is 448 g/mol. The van der Waals surface area contributed by atoms with Gasteiger partial charge in [0.05, 0.1) is 28.3 Å². The van der Waals surface area contributed by atoms with Crippen LogP contribution in [0, 0.1) is 0 Å². The Morgan fingerprint density at radius 3 is 1.94 bits per heavy atom. The van der Waals surface area contributed by atoms with Gasteiger partial charge in [-0.05, 0) is 77.8 Å². The average Bonchev–Trinajstić information content (AvgIpc) is 3.58. The molecule has 0 unspecified atom stereocenters. The molecular formula is C27H17ClN4O. The lowest BCUT2D eigenvalue weighted by Gasteiger charge is -2.05. The van der Waals surface area contributed by atoms with Gasteiger partial charge >= 0.3 is 0 Å². The number of carbonyl (C=O) groups is 1. The third-order valence-electron chi connectivity index (χ3n) is 5.60. The molecular weight excluding hydrogens is 432 g/mol. The summed E-state index contributed by atoms with van der Waals surface area (Å²) >= 11 is 6.10. The Bertz CT molecular complexity index is 1640. The quantitative estimate of drug-likeness (QED) is 0.315. The number of fused-ring (bicyclic) bond motifs is 8. The number of aromatic nitrogens is 4. The van der Waals surface area contributed by atoms with Crippen LogP contribution in [-0.4, -0.2) is 25.2 Å². The molecule has 0 spiro atoms. The third kappa shape index (κ3) is 3.69. The summed E-state index contributed by atoms with van der Waals surface area (Å²) in [4.78, 5) is 28.9. The minimum Gasteiger partial charge on any atom is -0.355 e. The van der Waals surface area contributed by atoms with Gasteiger partial charge in [0, 0.05) is 27.6 Å². The number of nitrogens with zero attached hydrogens (tertiary/aromatic N) is 2. The summed E-state index contributed by atoms with van der Waals surface area (Å²) in [6.45, 7) is 0. The summed E-state index contributed by atoms with van der Waals surface area (Å²) in [7, 11) is 0. The average molecular weight is 449 g/mol. The Morgan fingerprint density at radius 1 is 0.667 bits per heavy atom. The predicted octanol–water partition coefficient (Wildman–Crippen LogP) is 6.21. The van der Waals surface area contributed by atoms with Gasteiger partial charge in [-0.2, -0.15) is 0 Å². The second kappa shape index (κ2) is 7.73. The second-order valence-corrected chi connectivity index (χ2v) is 8.23. The molecule has 6 heteroatoms. The maximum Gasteiger partial charge on any atom is 0.255 e. The van der Waals surface area contributed by atoms with Gasteiger partial charge in [-0.3, -0.25) is 4.79 Å². The molecule has 2 aliphatic heterocycles. The van der Waals surface area contributed by atoms with E-state index in [1.54, 1.807) is 6.07 Å². The van der Waals surface area contributed by atoms with Crippen molar-refractivity contribution in [2.24, 2.45) is 0 Å². The van der Waals surface area contributed by atoms with Gasteiger partial charge in [-0.1, -0.05) is 30.3 Å². The van der Waals surface area contributed by atoms with Gasteiger partial charge in [0.2, 0.25) is 0 Å². The van der Waals surface area contributed by atoms with Gasteiger partial charge in [0.25, 0.3) is 5.24 Å². The molecule has 1 aromatic carbocycles. The minimum atomic E-state index is -0.553. The number of rotatable bonds is 2. The Hall–Kier alpha value is -4.22. The van der Waals surface area contributed by atoms with Gasteiger partial charge in [0.1, 0.15) is 0 Å². The zero-order valence-electron chi connectivity index (χ0n) is 17.3. The number of benzene rings is 1. The fourth-order valence-electron chi connectivity index (χ4n) is 4.17. The van der Waals surface area contributed by atoms with Crippen molar-refractivity contribution in [3.63, 3.8) is 0 Å². The van der Waals surface area contributed by atoms with Gasteiger partial charge < -0.3 is 9.97 Å². The van der Waals surface area contributed by atoms with E-state index in [0.717, 1.165) is 33.3 Å².